The van der Waals surface area contributed by atoms with Crippen molar-refractivity contribution < 1.29 is 33.8 Å². The third-order valence-electron chi connectivity index (χ3n) is 19.0. The number of rotatable bonds is 10. The smallest absolute Gasteiger partial charge is 0.407 e. The Bertz CT molecular complexity index is 3800. The summed E-state index contributed by atoms with van der Waals surface area (Å²) in [5.74, 6) is 3.35. The van der Waals surface area contributed by atoms with E-state index in [4.69, 9.17) is 50.1 Å². The summed E-state index contributed by atoms with van der Waals surface area (Å²) < 4.78 is 11.6. The molecule has 0 aliphatic carbocycles. The predicted octanol–water partition coefficient (Wildman–Crippen LogP) is 8.66. The molecule has 5 aromatic rings. The highest BCUT2D eigenvalue weighted by Crippen LogP contribution is 2.39. The molecule has 94 heavy (non-hydrogen) atoms. The molecule has 3 saturated heterocycles. The molecule has 0 spiro atoms. The lowest BCUT2D eigenvalue weighted by molar-refractivity contribution is 0.0485. The molecule has 3 amide bonds. The van der Waals surface area contributed by atoms with Crippen LogP contribution in [0.1, 0.15) is 167 Å². The molecule has 0 bridgehead atoms. The quantitative estimate of drug-likeness (QED) is 0.0817. The zero-order valence-corrected chi connectivity index (χ0v) is 58.0. The average molecular weight is 1400 g/mol. The fourth-order valence-electron chi connectivity index (χ4n) is 13.1. The van der Waals surface area contributed by atoms with E-state index in [1.54, 1.807) is 19.2 Å². The maximum absolute atomic E-state index is 12.3. The molecule has 11 heterocycles. The molecular formula is C68H89IN18O7. The topological polar surface area (TPSA) is 300 Å². The molecule has 0 unspecified atom stereocenters. The molecule has 8 aliphatic rings. The Kier molecular flexibility index (Phi) is 19.5. The molecule has 2 aromatic carbocycles. The first-order chi connectivity index (χ1) is 44.7. The highest BCUT2D eigenvalue weighted by molar-refractivity contribution is 14.1. The van der Waals surface area contributed by atoms with E-state index in [1.165, 1.54) is 0 Å². The number of carboxylic acid groups (broad SMARTS) is 1. The highest BCUT2D eigenvalue weighted by atomic mass is 127. The Morgan fingerprint density at radius 3 is 1.35 bits per heavy atom. The van der Waals surface area contributed by atoms with Gasteiger partial charge in [0.05, 0.1) is 60.9 Å². The maximum atomic E-state index is 12.3. The molecule has 6 N–H and O–H groups in total. The molecule has 0 saturated carbocycles. The van der Waals surface area contributed by atoms with Gasteiger partial charge in [-0.1, -0.05) is 32.9 Å². The number of benzene rings is 2. The lowest BCUT2D eigenvalue weighted by Crippen LogP contribution is -2.46. The second kappa shape index (κ2) is 27.3. The van der Waals surface area contributed by atoms with Crippen LogP contribution in [-0.2, 0) is 41.9 Å². The summed E-state index contributed by atoms with van der Waals surface area (Å²) in [5.41, 5.74) is 15.4. The minimum Gasteiger partial charge on any atom is -0.478 e. The van der Waals surface area contributed by atoms with Crippen LogP contribution in [0, 0.1) is 16.2 Å². The number of carboxylic acids is 1. The third kappa shape index (κ3) is 15.2. The van der Waals surface area contributed by atoms with Crippen molar-refractivity contribution in [2.75, 3.05) is 104 Å². The predicted molar refractivity (Wildman–Crippen MR) is 372 cm³/mol. The third-order valence-corrected chi connectivity index (χ3v) is 19.9. The molecule has 8 aliphatic heterocycles. The van der Waals surface area contributed by atoms with Crippen LogP contribution in [0.15, 0.2) is 70.0 Å². The minimum absolute atomic E-state index is 0.00814. The van der Waals surface area contributed by atoms with Gasteiger partial charge in [-0.25, -0.2) is 44.3 Å². The number of hydrogen-bond acceptors (Lipinski definition) is 21. The van der Waals surface area contributed by atoms with Crippen LogP contribution in [0.3, 0.4) is 0 Å². The Labute approximate surface area is 563 Å². The van der Waals surface area contributed by atoms with Gasteiger partial charge in [-0.2, -0.15) is 0 Å². The fraction of sp³-hybridized carbons (Fsp3) is 0.544. The number of nitrogens with zero attached hydrogens (tertiary/aromatic N) is 14. The van der Waals surface area contributed by atoms with E-state index in [9.17, 15) is 24.3 Å². The van der Waals surface area contributed by atoms with Gasteiger partial charge in [0.25, 0.3) is 5.91 Å². The van der Waals surface area contributed by atoms with Crippen LogP contribution in [0.2, 0.25) is 0 Å². The van der Waals surface area contributed by atoms with E-state index in [2.05, 4.69) is 99.9 Å². The first-order valence-electron chi connectivity index (χ1n) is 32.7. The number of anilines is 5. The average Bonchev–Trinajstić information content (AvgIpc) is 1.62. The second-order valence-corrected chi connectivity index (χ2v) is 29.6. The molecule has 3 aromatic heterocycles. The summed E-state index contributed by atoms with van der Waals surface area (Å²) >= 11 is 2.21. The Morgan fingerprint density at radius 1 is 0.564 bits per heavy atom. The van der Waals surface area contributed by atoms with Crippen LogP contribution in [0.5, 0.6) is 0 Å². The molecule has 25 nitrogen and oxygen atoms in total. The van der Waals surface area contributed by atoms with Gasteiger partial charge in [-0.15, -0.1) is 0 Å². The summed E-state index contributed by atoms with van der Waals surface area (Å²) in [6.07, 6.45) is 12.2. The van der Waals surface area contributed by atoms with Crippen molar-refractivity contribution in [3.63, 3.8) is 0 Å². The highest BCUT2D eigenvalue weighted by Gasteiger charge is 2.38. The Morgan fingerprint density at radius 2 is 0.947 bits per heavy atom. The van der Waals surface area contributed by atoms with Crippen LogP contribution >= 0.6 is 22.6 Å². The molecule has 13 rings (SSSR count). The number of ether oxygens (including phenoxy) is 2. The van der Waals surface area contributed by atoms with Gasteiger partial charge in [0.1, 0.15) is 49.5 Å². The number of fused-ring (bicyclic) bond motifs is 5. The summed E-state index contributed by atoms with van der Waals surface area (Å²) in [6.45, 7) is 28.2. The first-order valence-corrected chi connectivity index (χ1v) is 33.8. The number of halogens is 1. The number of carbonyl (C=O) groups excluding carboxylic acids is 3. The number of nitrogens with one attached hydrogen (secondary N) is 3. The summed E-state index contributed by atoms with van der Waals surface area (Å²) in [6, 6.07) is 11.2. The number of aromatic carboxylic acids is 1. The van der Waals surface area contributed by atoms with Crippen LogP contribution in [0.4, 0.5) is 38.4 Å². The van der Waals surface area contributed by atoms with Gasteiger partial charge in [-0.05, 0) is 174 Å². The molecule has 3 fully saturated rings. The van der Waals surface area contributed by atoms with Gasteiger partial charge < -0.3 is 60.8 Å². The SMILES string of the molecule is CC1(CNC(=O)OC(C)(C)C)CCN(c2cnc3c(n2)CN=C3I)CC1.CC1(CNC(=O)OC(C)(C)C)CCN(c2cnc3c(n2)CN=C3N2CCc3c(C(=O)O)cccc32)CC1.CNC(=O)c1cccc2c1CCN2C1=NCc2nc(N3CCC(C)(CN)CC3)cnc21. The normalized spacial score (nSPS) is 18.7. The summed E-state index contributed by atoms with van der Waals surface area (Å²) in [4.78, 5) is 101. The van der Waals surface area contributed by atoms with Gasteiger partial charge in [-0.3, -0.25) is 19.8 Å². The lowest BCUT2D eigenvalue weighted by atomic mass is 9.80. The summed E-state index contributed by atoms with van der Waals surface area (Å²) in [7, 11) is 1.66. The number of hydrogen-bond donors (Lipinski definition) is 5. The number of amidine groups is 2. The summed E-state index contributed by atoms with van der Waals surface area (Å²) in [5, 5.41) is 18.1. The number of aromatic nitrogens is 6. The Hall–Kier alpha value is -8.14. The van der Waals surface area contributed by atoms with Gasteiger partial charge in [0.2, 0.25) is 0 Å². The number of alkyl carbamates (subject to hydrolysis) is 2. The minimum atomic E-state index is -0.907. The van der Waals surface area contributed by atoms with E-state index < -0.39 is 17.2 Å². The Balaban J connectivity index is 0.000000146. The molecule has 26 heteroatoms. The molecule has 0 radical (unpaired) electrons. The van der Waals surface area contributed by atoms with E-state index >= 15 is 0 Å². The second-order valence-electron chi connectivity index (χ2n) is 28.6. The van der Waals surface area contributed by atoms with Gasteiger partial charge >= 0.3 is 18.2 Å². The van der Waals surface area contributed by atoms with Crippen molar-refractivity contribution in [3.05, 3.63) is 111 Å². The van der Waals surface area contributed by atoms with Gasteiger partial charge in [0.15, 0.2) is 11.7 Å². The number of carbonyl (C=O) groups is 4. The number of nitrogens with two attached hydrogens (primary N) is 1. The van der Waals surface area contributed by atoms with E-state index in [1.807, 2.05) is 78.3 Å². The van der Waals surface area contributed by atoms with Gasteiger partial charge in [0, 0.05) is 89.4 Å². The van der Waals surface area contributed by atoms with E-state index in [0.717, 1.165) is 192 Å². The van der Waals surface area contributed by atoms with E-state index in [-0.39, 0.29) is 34.3 Å². The van der Waals surface area contributed by atoms with Crippen molar-refractivity contribution in [3.8, 4) is 0 Å². The number of amides is 3. The largest absolute Gasteiger partial charge is 0.478 e. The fourth-order valence-corrected chi connectivity index (χ4v) is 13.7. The molecule has 0 atom stereocenters. The monoisotopic (exact) mass is 1400 g/mol. The van der Waals surface area contributed by atoms with Crippen molar-refractivity contribution >= 4 is 90.9 Å². The standard InChI is InChI=1S/C27H34N6O4.C23H29N7O.C18H26IN5O2/c1-26(2,3)37-25(36)30-16-27(4)9-12-32(13-10-27)21-15-28-22-19(31-21)14-29-23(22)33-11-8-17-18(24(34)35)6-5-7-20(17)33;1-23(14-24)7-10-29(11-8-23)19-13-26-20-17(28-19)12-27-21(20)30-9-6-15-16(22(31)25-2)4-3-5-18(15)30;1-17(2,3)26-16(25)22-11-18(4)5-7-24(8-6-18)13-10-20-14-12(23-13)9-21-15(14)19/h5-7,15H,8-14,16H2,1-4H3,(H,30,36)(H,34,35);3-5,13H,6-12,14,24H2,1-2H3,(H,25,31);10H,5-9,11H2,1-4H3,(H,22,25). The molecular weight excluding hydrogens is 1310 g/mol. The lowest BCUT2D eigenvalue weighted by Gasteiger charge is -2.40. The zero-order chi connectivity index (χ0) is 66.9. The first kappa shape index (κ1) is 67.3. The molecule has 500 valence electrons. The van der Waals surface area contributed by atoms with Crippen LogP contribution < -0.4 is 46.2 Å². The number of piperidine rings is 3. The maximum Gasteiger partial charge on any atom is 0.407 e. The van der Waals surface area contributed by atoms with Crippen LogP contribution in [-0.4, -0.2) is 165 Å². The van der Waals surface area contributed by atoms with Crippen LogP contribution in [0.25, 0.3) is 0 Å². The van der Waals surface area contributed by atoms with Crippen molar-refractivity contribution in [2.45, 2.75) is 145 Å². The zero-order valence-electron chi connectivity index (χ0n) is 55.9. The number of aliphatic imine (C=N–C) groups is 3. The van der Waals surface area contributed by atoms with Crippen molar-refractivity contribution in [1.29, 1.82) is 0 Å². The van der Waals surface area contributed by atoms with Crippen molar-refractivity contribution in [2.24, 2.45) is 37.0 Å². The van der Waals surface area contributed by atoms with Crippen molar-refractivity contribution in [1.82, 2.24) is 45.9 Å². The van der Waals surface area contributed by atoms with E-state index in [0.29, 0.717) is 51.3 Å².